The molecule has 0 spiro atoms. The van der Waals surface area contributed by atoms with E-state index < -0.39 is 5.82 Å². The van der Waals surface area contributed by atoms with Gasteiger partial charge in [0, 0.05) is 4.47 Å². The van der Waals surface area contributed by atoms with Crippen molar-refractivity contribution in [3.8, 4) is 5.75 Å². The highest BCUT2D eigenvalue weighted by atomic mass is 79.9. The molecule has 0 saturated carbocycles. The first-order valence-corrected chi connectivity index (χ1v) is 7.37. The number of hydrogen-bond donors (Lipinski definition) is 1. The molecule has 0 heterocycles. The number of rotatable bonds is 5. The minimum Gasteiger partial charge on any atom is -0.481 e. The maximum absolute atomic E-state index is 13.5. The molecule has 6 heteroatoms. The van der Waals surface area contributed by atoms with Gasteiger partial charge in [-0.2, -0.15) is 0 Å². The lowest BCUT2D eigenvalue weighted by molar-refractivity contribution is -0.123. The van der Waals surface area contributed by atoms with Crippen LogP contribution >= 0.6 is 15.9 Å². The summed E-state index contributed by atoms with van der Waals surface area (Å²) in [6.45, 7) is 1.47. The third-order valence-electron chi connectivity index (χ3n) is 3.00. The summed E-state index contributed by atoms with van der Waals surface area (Å²) >= 11 is 3.14. The predicted octanol–water partition coefficient (Wildman–Crippen LogP) is 3.98. The maximum atomic E-state index is 13.5. The molecule has 1 amide bonds. The van der Waals surface area contributed by atoms with Gasteiger partial charge in [0.1, 0.15) is 5.82 Å². The molecule has 1 N–H and O–H groups in total. The van der Waals surface area contributed by atoms with E-state index in [0.29, 0.717) is 4.47 Å². The molecular formula is C16H14BrF2NO2. The molecule has 2 aromatic rings. The fraction of sp³-hybridized carbons (Fsp3) is 0.188. The van der Waals surface area contributed by atoms with Crippen LogP contribution < -0.4 is 10.1 Å². The van der Waals surface area contributed by atoms with Gasteiger partial charge in [0.25, 0.3) is 5.91 Å². The Hall–Kier alpha value is -1.95. The third-order valence-corrected chi connectivity index (χ3v) is 3.49. The number of carbonyl (C=O) groups excluding carboxylic acids is 1. The number of nitrogens with one attached hydrogen (secondary N) is 1. The summed E-state index contributed by atoms with van der Waals surface area (Å²) in [5.74, 6) is -1.27. The van der Waals surface area contributed by atoms with Gasteiger partial charge in [0.05, 0.1) is 6.04 Å². The van der Waals surface area contributed by atoms with Crippen LogP contribution in [0.25, 0.3) is 0 Å². The van der Waals surface area contributed by atoms with Crippen LogP contribution in [0.5, 0.6) is 5.75 Å². The number of halogens is 3. The van der Waals surface area contributed by atoms with Gasteiger partial charge in [-0.1, -0.05) is 28.1 Å². The van der Waals surface area contributed by atoms with Crippen LogP contribution in [0.15, 0.2) is 46.9 Å². The van der Waals surface area contributed by atoms with E-state index in [1.165, 1.54) is 24.3 Å². The second kappa shape index (κ2) is 7.35. The van der Waals surface area contributed by atoms with Gasteiger partial charge in [-0.25, -0.2) is 8.78 Å². The van der Waals surface area contributed by atoms with Crippen LogP contribution in [-0.2, 0) is 4.79 Å². The number of ether oxygens (including phenoxy) is 1. The molecule has 116 valence electrons. The van der Waals surface area contributed by atoms with E-state index in [9.17, 15) is 13.6 Å². The lowest BCUT2D eigenvalue weighted by atomic mass is 10.1. The Labute approximate surface area is 135 Å². The average molecular weight is 370 g/mol. The minimum atomic E-state index is -0.547. The van der Waals surface area contributed by atoms with E-state index in [1.54, 1.807) is 25.1 Å². The number of hydrogen-bond acceptors (Lipinski definition) is 2. The van der Waals surface area contributed by atoms with Crippen LogP contribution in [0.1, 0.15) is 18.5 Å². The van der Waals surface area contributed by atoms with E-state index >= 15 is 0 Å². The van der Waals surface area contributed by atoms with Crippen molar-refractivity contribution in [3.05, 3.63) is 64.1 Å². The molecule has 0 radical (unpaired) electrons. The normalized spacial score (nSPS) is 11.8. The number of amides is 1. The van der Waals surface area contributed by atoms with Gasteiger partial charge >= 0.3 is 0 Å². The minimum absolute atomic E-state index is 0.00721. The van der Waals surface area contributed by atoms with Gasteiger partial charge in [0.2, 0.25) is 0 Å². The van der Waals surface area contributed by atoms with Crippen molar-refractivity contribution in [2.75, 3.05) is 6.61 Å². The standard InChI is InChI=1S/C16H14BrF2NO2/c1-10(11-2-5-13(18)6-3-11)20-16(21)9-22-15-7-4-12(17)8-14(15)19/h2-8,10H,9H2,1H3,(H,20,21). The third kappa shape index (κ3) is 4.53. The second-order valence-corrected chi connectivity index (χ2v) is 5.62. The topological polar surface area (TPSA) is 38.3 Å². The first-order valence-electron chi connectivity index (χ1n) is 6.58. The Morgan fingerprint density at radius 1 is 1.23 bits per heavy atom. The fourth-order valence-corrected chi connectivity index (χ4v) is 2.19. The molecule has 0 bridgehead atoms. The first kappa shape index (κ1) is 16.4. The van der Waals surface area contributed by atoms with Crippen molar-refractivity contribution in [1.29, 1.82) is 0 Å². The molecule has 1 atom stereocenters. The highest BCUT2D eigenvalue weighted by Gasteiger charge is 2.11. The summed E-state index contributed by atoms with van der Waals surface area (Å²) in [5.41, 5.74) is 0.768. The molecule has 0 aliphatic heterocycles. The number of carbonyl (C=O) groups is 1. The highest BCUT2D eigenvalue weighted by Crippen LogP contribution is 2.21. The molecule has 0 aliphatic rings. The zero-order valence-electron chi connectivity index (χ0n) is 11.8. The molecule has 2 aromatic carbocycles. The lowest BCUT2D eigenvalue weighted by Gasteiger charge is -2.15. The summed E-state index contributed by atoms with van der Waals surface area (Å²) in [5, 5.41) is 2.70. The summed E-state index contributed by atoms with van der Waals surface area (Å²) in [4.78, 5) is 11.8. The van der Waals surface area contributed by atoms with Crippen molar-refractivity contribution in [2.24, 2.45) is 0 Å². The molecule has 0 saturated heterocycles. The average Bonchev–Trinajstić information content (AvgIpc) is 2.47. The fourth-order valence-electron chi connectivity index (χ4n) is 1.85. The van der Waals surface area contributed by atoms with Crippen LogP contribution in [0, 0.1) is 11.6 Å². The monoisotopic (exact) mass is 369 g/mol. The van der Waals surface area contributed by atoms with Crippen LogP contribution in [0.4, 0.5) is 8.78 Å². The Kier molecular flexibility index (Phi) is 5.49. The molecule has 0 fully saturated rings. The van der Waals surface area contributed by atoms with E-state index in [2.05, 4.69) is 21.2 Å². The van der Waals surface area contributed by atoms with Crippen molar-refractivity contribution in [3.63, 3.8) is 0 Å². The summed E-state index contributed by atoms with van der Waals surface area (Å²) in [6.07, 6.45) is 0. The zero-order valence-corrected chi connectivity index (χ0v) is 13.4. The summed E-state index contributed by atoms with van der Waals surface area (Å²) in [7, 11) is 0. The van der Waals surface area contributed by atoms with Gasteiger partial charge < -0.3 is 10.1 Å². The van der Waals surface area contributed by atoms with E-state index in [0.717, 1.165) is 5.56 Å². The van der Waals surface area contributed by atoms with Crippen molar-refractivity contribution < 1.29 is 18.3 Å². The van der Waals surface area contributed by atoms with E-state index in [1.807, 2.05) is 0 Å². The van der Waals surface area contributed by atoms with Crippen molar-refractivity contribution in [1.82, 2.24) is 5.32 Å². The SMILES string of the molecule is CC(NC(=O)COc1ccc(Br)cc1F)c1ccc(F)cc1. The number of benzene rings is 2. The lowest BCUT2D eigenvalue weighted by Crippen LogP contribution is -2.31. The molecule has 0 aromatic heterocycles. The van der Waals surface area contributed by atoms with E-state index in [4.69, 9.17) is 4.74 Å². The quantitative estimate of drug-likeness (QED) is 0.865. The molecule has 22 heavy (non-hydrogen) atoms. The van der Waals surface area contributed by atoms with Gasteiger partial charge in [-0.3, -0.25) is 4.79 Å². The Bertz CT molecular complexity index is 662. The predicted molar refractivity (Wildman–Crippen MR) is 82.6 cm³/mol. The zero-order chi connectivity index (χ0) is 16.1. The summed E-state index contributed by atoms with van der Waals surface area (Å²) < 4.78 is 32.1. The Balaban J connectivity index is 1.88. The first-order chi connectivity index (χ1) is 10.5. The van der Waals surface area contributed by atoms with Crippen LogP contribution in [0.3, 0.4) is 0 Å². The summed E-state index contributed by atoms with van der Waals surface area (Å²) in [6, 6.07) is 9.86. The van der Waals surface area contributed by atoms with E-state index in [-0.39, 0.29) is 30.1 Å². The van der Waals surface area contributed by atoms with Crippen LogP contribution in [0.2, 0.25) is 0 Å². The van der Waals surface area contributed by atoms with Crippen molar-refractivity contribution >= 4 is 21.8 Å². The van der Waals surface area contributed by atoms with Gasteiger partial charge in [0.15, 0.2) is 18.2 Å². The Morgan fingerprint density at radius 3 is 2.55 bits per heavy atom. The molecule has 1 unspecified atom stereocenters. The molecule has 3 nitrogen and oxygen atoms in total. The second-order valence-electron chi connectivity index (χ2n) is 4.70. The van der Waals surface area contributed by atoms with Crippen LogP contribution in [-0.4, -0.2) is 12.5 Å². The largest absolute Gasteiger partial charge is 0.481 e. The smallest absolute Gasteiger partial charge is 0.258 e. The molecule has 2 rings (SSSR count). The molecule has 0 aliphatic carbocycles. The highest BCUT2D eigenvalue weighted by molar-refractivity contribution is 9.10. The van der Waals surface area contributed by atoms with Gasteiger partial charge in [-0.05, 0) is 42.8 Å². The molecular weight excluding hydrogens is 356 g/mol. The Morgan fingerprint density at radius 2 is 1.91 bits per heavy atom. The maximum Gasteiger partial charge on any atom is 0.258 e. The van der Waals surface area contributed by atoms with Gasteiger partial charge in [-0.15, -0.1) is 0 Å². The van der Waals surface area contributed by atoms with Crippen molar-refractivity contribution in [2.45, 2.75) is 13.0 Å².